The van der Waals surface area contributed by atoms with E-state index in [9.17, 15) is 9.90 Å². The number of hydrogen-bond donors (Lipinski definition) is 1. The van der Waals surface area contributed by atoms with E-state index in [-0.39, 0.29) is 5.75 Å². The SMILES string of the molecule is Cc1ccc(N(C=O)c2ccc(O)cc2)cc1. The van der Waals surface area contributed by atoms with Crippen LogP contribution in [0.25, 0.3) is 0 Å². The number of aromatic hydroxyl groups is 1. The Balaban J connectivity index is 2.36. The fraction of sp³-hybridized carbons (Fsp3) is 0.0714. The van der Waals surface area contributed by atoms with Crippen LogP contribution in [0.2, 0.25) is 0 Å². The van der Waals surface area contributed by atoms with E-state index in [1.165, 1.54) is 4.90 Å². The minimum Gasteiger partial charge on any atom is -0.508 e. The third kappa shape index (κ3) is 2.45. The van der Waals surface area contributed by atoms with Gasteiger partial charge in [-0.2, -0.15) is 0 Å². The zero-order valence-corrected chi connectivity index (χ0v) is 9.50. The van der Waals surface area contributed by atoms with Gasteiger partial charge in [-0.1, -0.05) is 17.7 Å². The predicted molar refractivity (Wildman–Crippen MR) is 67.5 cm³/mol. The van der Waals surface area contributed by atoms with Crippen molar-refractivity contribution < 1.29 is 9.90 Å². The van der Waals surface area contributed by atoms with Crippen LogP contribution in [0.15, 0.2) is 48.5 Å². The molecule has 86 valence electrons. The van der Waals surface area contributed by atoms with Gasteiger partial charge >= 0.3 is 0 Å². The van der Waals surface area contributed by atoms with Crippen molar-refractivity contribution in [1.29, 1.82) is 0 Å². The molecule has 0 heterocycles. The Hall–Kier alpha value is -2.29. The smallest absolute Gasteiger partial charge is 0.218 e. The number of amides is 1. The Bertz CT molecular complexity index is 457. The summed E-state index contributed by atoms with van der Waals surface area (Å²) in [5.41, 5.74) is 2.67. The number of carbonyl (C=O) groups excluding carboxylic acids is 1. The van der Waals surface area contributed by atoms with Gasteiger partial charge in [-0.15, -0.1) is 0 Å². The lowest BCUT2D eigenvalue weighted by atomic mass is 10.2. The van der Waals surface area contributed by atoms with E-state index in [4.69, 9.17) is 0 Å². The fourth-order valence-corrected chi connectivity index (χ4v) is 1.59. The van der Waals surface area contributed by atoms with Gasteiger partial charge in [0.15, 0.2) is 0 Å². The Morgan fingerprint density at radius 3 is 1.88 bits per heavy atom. The molecule has 0 atom stereocenters. The van der Waals surface area contributed by atoms with Crippen molar-refractivity contribution in [2.75, 3.05) is 4.90 Å². The van der Waals surface area contributed by atoms with Crippen molar-refractivity contribution in [2.24, 2.45) is 0 Å². The highest BCUT2D eigenvalue weighted by Gasteiger charge is 2.07. The first-order chi connectivity index (χ1) is 8.20. The van der Waals surface area contributed by atoms with E-state index in [2.05, 4.69) is 0 Å². The molecule has 0 saturated heterocycles. The lowest BCUT2D eigenvalue weighted by molar-refractivity contribution is -0.106. The quantitative estimate of drug-likeness (QED) is 0.819. The summed E-state index contributed by atoms with van der Waals surface area (Å²) in [5, 5.41) is 9.21. The first-order valence-electron chi connectivity index (χ1n) is 5.31. The van der Waals surface area contributed by atoms with Crippen molar-refractivity contribution in [3.05, 3.63) is 54.1 Å². The molecule has 0 fully saturated rings. The molecule has 3 nitrogen and oxygen atoms in total. The number of phenolic OH excluding ortho intramolecular Hbond substituents is 1. The minimum atomic E-state index is 0.184. The standard InChI is InChI=1S/C14H13NO2/c1-11-2-4-12(5-3-11)15(10-16)13-6-8-14(17)9-7-13/h2-10,17H,1H3. The molecule has 3 heteroatoms. The Kier molecular flexibility index (Phi) is 3.10. The lowest BCUT2D eigenvalue weighted by Crippen LogP contribution is -2.13. The zero-order chi connectivity index (χ0) is 12.3. The number of rotatable bonds is 3. The average Bonchev–Trinajstić information content (AvgIpc) is 2.35. The van der Waals surface area contributed by atoms with Gasteiger partial charge in [0.1, 0.15) is 5.75 Å². The second-order valence-corrected chi connectivity index (χ2v) is 3.83. The average molecular weight is 227 g/mol. The molecular formula is C14H13NO2. The largest absolute Gasteiger partial charge is 0.508 e. The molecule has 0 bridgehead atoms. The summed E-state index contributed by atoms with van der Waals surface area (Å²) in [6.07, 6.45) is 0.761. The van der Waals surface area contributed by atoms with E-state index < -0.39 is 0 Å². The van der Waals surface area contributed by atoms with Crippen molar-refractivity contribution >= 4 is 17.8 Å². The van der Waals surface area contributed by atoms with Crippen LogP contribution in [0.4, 0.5) is 11.4 Å². The van der Waals surface area contributed by atoms with Crippen LogP contribution in [0.1, 0.15) is 5.56 Å². The molecule has 0 unspecified atom stereocenters. The van der Waals surface area contributed by atoms with Gasteiger partial charge in [-0.25, -0.2) is 0 Å². The van der Waals surface area contributed by atoms with E-state index in [0.717, 1.165) is 23.3 Å². The van der Waals surface area contributed by atoms with E-state index in [0.29, 0.717) is 0 Å². The predicted octanol–water partition coefficient (Wildman–Crippen LogP) is 3.00. The number of anilines is 2. The number of carbonyl (C=O) groups is 1. The van der Waals surface area contributed by atoms with Gasteiger partial charge in [0, 0.05) is 11.4 Å². The molecule has 17 heavy (non-hydrogen) atoms. The molecule has 0 aliphatic heterocycles. The van der Waals surface area contributed by atoms with Crippen molar-refractivity contribution in [1.82, 2.24) is 0 Å². The first-order valence-corrected chi connectivity index (χ1v) is 5.31. The Labute approximate surface area is 99.9 Å². The molecule has 0 aliphatic rings. The normalized spacial score (nSPS) is 9.94. The summed E-state index contributed by atoms with van der Waals surface area (Å²) in [5.74, 6) is 0.184. The van der Waals surface area contributed by atoms with Crippen molar-refractivity contribution in [3.8, 4) is 5.75 Å². The van der Waals surface area contributed by atoms with Crippen LogP contribution >= 0.6 is 0 Å². The number of phenols is 1. The van der Waals surface area contributed by atoms with E-state index in [1.54, 1.807) is 24.3 Å². The van der Waals surface area contributed by atoms with Crippen LogP contribution in [0.5, 0.6) is 5.75 Å². The van der Waals surface area contributed by atoms with Crippen LogP contribution in [0, 0.1) is 6.92 Å². The Morgan fingerprint density at radius 2 is 1.41 bits per heavy atom. The maximum absolute atomic E-state index is 11.1. The van der Waals surface area contributed by atoms with Gasteiger partial charge in [-0.3, -0.25) is 9.69 Å². The second-order valence-electron chi connectivity index (χ2n) is 3.83. The number of benzene rings is 2. The summed E-state index contributed by atoms with van der Waals surface area (Å²) in [4.78, 5) is 12.7. The van der Waals surface area contributed by atoms with Crippen LogP contribution in [-0.4, -0.2) is 11.5 Å². The van der Waals surface area contributed by atoms with E-state index >= 15 is 0 Å². The van der Waals surface area contributed by atoms with E-state index in [1.807, 2.05) is 31.2 Å². The maximum Gasteiger partial charge on any atom is 0.218 e. The van der Waals surface area contributed by atoms with Crippen LogP contribution < -0.4 is 4.90 Å². The van der Waals surface area contributed by atoms with Crippen molar-refractivity contribution in [2.45, 2.75) is 6.92 Å². The molecule has 0 aromatic heterocycles. The highest BCUT2D eigenvalue weighted by atomic mass is 16.3. The summed E-state index contributed by atoms with van der Waals surface area (Å²) >= 11 is 0. The summed E-state index contributed by atoms with van der Waals surface area (Å²) < 4.78 is 0. The van der Waals surface area contributed by atoms with Gasteiger partial charge in [0.05, 0.1) is 0 Å². The van der Waals surface area contributed by atoms with Gasteiger partial charge in [0.2, 0.25) is 6.41 Å². The summed E-state index contributed by atoms with van der Waals surface area (Å²) in [7, 11) is 0. The highest BCUT2D eigenvalue weighted by Crippen LogP contribution is 2.25. The molecule has 1 amide bonds. The molecule has 2 aromatic carbocycles. The molecule has 0 radical (unpaired) electrons. The van der Waals surface area contributed by atoms with Crippen LogP contribution in [0.3, 0.4) is 0 Å². The fourth-order valence-electron chi connectivity index (χ4n) is 1.59. The molecule has 2 aromatic rings. The molecular weight excluding hydrogens is 214 g/mol. The van der Waals surface area contributed by atoms with Gasteiger partial charge in [0.25, 0.3) is 0 Å². The topological polar surface area (TPSA) is 40.5 Å². The minimum absolute atomic E-state index is 0.184. The molecule has 0 aliphatic carbocycles. The number of hydrogen-bond acceptors (Lipinski definition) is 2. The van der Waals surface area contributed by atoms with Crippen molar-refractivity contribution in [3.63, 3.8) is 0 Å². The highest BCUT2D eigenvalue weighted by molar-refractivity contribution is 5.86. The number of aryl methyl sites for hydroxylation is 1. The van der Waals surface area contributed by atoms with Gasteiger partial charge in [-0.05, 0) is 43.3 Å². The number of nitrogens with zero attached hydrogens (tertiary/aromatic N) is 1. The first kappa shape index (κ1) is 11.2. The summed E-state index contributed by atoms with van der Waals surface area (Å²) in [6, 6.07) is 14.2. The summed E-state index contributed by atoms with van der Waals surface area (Å²) in [6.45, 7) is 2.00. The molecule has 0 saturated carbocycles. The molecule has 0 spiro atoms. The monoisotopic (exact) mass is 227 g/mol. The van der Waals surface area contributed by atoms with Gasteiger partial charge < -0.3 is 5.11 Å². The van der Waals surface area contributed by atoms with Crippen LogP contribution in [-0.2, 0) is 4.79 Å². The third-order valence-corrected chi connectivity index (χ3v) is 2.55. The third-order valence-electron chi connectivity index (χ3n) is 2.55. The Morgan fingerprint density at radius 1 is 0.941 bits per heavy atom. The maximum atomic E-state index is 11.1. The molecule has 2 rings (SSSR count). The molecule has 1 N–H and O–H groups in total. The zero-order valence-electron chi connectivity index (χ0n) is 9.50. The lowest BCUT2D eigenvalue weighted by Gasteiger charge is -2.17. The second kappa shape index (κ2) is 4.70.